The summed E-state index contributed by atoms with van der Waals surface area (Å²) in [6, 6.07) is 10.4. The van der Waals surface area contributed by atoms with Crippen molar-refractivity contribution in [3.63, 3.8) is 0 Å². The predicted molar refractivity (Wildman–Crippen MR) is 83.7 cm³/mol. The third-order valence-corrected chi connectivity index (χ3v) is 4.24. The zero-order valence-electron chi connectivity index (χ0n) is 13.1. The maximum absolute atomic E-state index is 5.86. The van der Waals surface area contributed by atoms with E-state index >= 15 is 0 Å². The van der Waals surface area contributed by atoms with E-state index < -0.39 is 0 Å². The highest BCUT2D eigenvalue weighted by Crippen LogP contribution is 2.31. The first-order valence-electron chi connectivity index (χ1n) is 8.24. The van der Waals surface area contributed by atoms with Gasteiger partial charge in [-0.1, -0.05) is 43.2 Å². The molecule has 1 aromatic carbocycles. The molecule has 118 valence electrons. The van der Waals surface area contributed by atoms with Gasteiger partial charge in [0, 0.05) is 6.61 Å². The topological polar surface area (TPSA) is 27.7 Å². The number of ether oxygens (including phenoxy) is 1. The van der Waals surface area contributed by atoms with E-state index in [4.69, 9.17) is 14.5 Å². The Balaban J connectivity index is 1.53. The molecule has 1 aromatic rings. The molecule has 1 aliphatic carbocycles. The first kappa shape index (κ1) is 16.5. The van der Waals surface area contributed by atoms with Crippen LogP contribution in [0.2, 0.25) is 0 Å². The Morgan fingerprint density at radius 3 is 2.38 bits per heavy atom. The van der Waals surface area contributed by atoms with E-state index in [-0.39, 0.29) is 0 Å². The van der Waals surface area contributed by atoms with Crippen LogP contribution in [0.5, 0.6) is 0 Å². The summed E-state index contributed by atoms with van der Waals surface area (Å²) in [6.07, 6.45) is 6.30. The maximum Gasteiger partial charge on any atom is 0.0825 e. The molecule has 0 bridgehead atoms. The van der Waals surface area contributed by atoms with Crippen LogP contribution in [0.1, 0.15) is 44.6 Å². The fourth-order valence-corrected chi connectivity index (χ4v) is 2.96. The molecule has 0 radical (unpaired) electrons. The van der Waals surface area contributed by atoms with Gasteiger partial charge in [-0.25, -0.2) is 9.78 Å². The molecule has 0 spiro atoms. The summed E-state index contributed by atoms with van der Waals surface area (Å²) in [5, 5.41) is 0. The SMILES string of the molecule is CCOOCCC1CCC(COCc2ccccc2)CC1. The summed E-state index contributed by atoms with van der Waals surface area (Å²) in [4.78, 5) is 10.0. The van der Waals surface area contributed by atoms with Gasteiger partial charge in [0.05, 0.1) is 19.8 Å². The van der Waals surface area contributed by atoms with E-state index in [0.717, 1.165) is 38.1 Å². The van der Waals surface area contributed by atoms with Gasteiger partial charge in [0.2, 0.25) is 0 Å². The quantitative estimate of drug-likeness (QED) is 0.384. The Labute approximate surface area is 128 Å². The van der Waals surface area contributed by atoms with Gasteiger partial charge >= 0.3 is 0 Å². The van der Waals surface area contributed by atoms with Crippen LogP contribution in [0.25, 0.3) is 0 Å². The number of benzene rings is 1. The fourth-order valence-electron chi connectivity index (χ4n) is 2.96. The lowest BCUT2D eigenvalue weighted by Crippen LogP contribution is -2.19. The molecule has 2 rings (SSSR count). The molecule has 1 fully saturated rings. The minimum Gasteiger partial charge on any atom is -0.376 e. The summed E-state index contributed by atoms with van der Waals surface area (Å²) in [7, 11) is 0. The average Bonchev–Trinajstić information content (AvgIpc) is 2.54. The molecule has 0 heterocycles. The second-order valence-electron chi connectivity index (χ2n) is 5.90. The van der Waals surface area contributed by atoms with Gasteiger partial charge in [-0.2, -0.15) is 0 Å². The summed E-state index contributed by atoms with van der Waals surface area (Å²) < 4.78 is 5.86. The highest BCUT2D eigenvalue weighted by molar-refractivity contribution is 5.13. The summed E-state index contributed by atoms with van der Waals surface area (Å²) in [6.45, 7) is 4.94. The van der Waals surface area contributed by atoms with E-state index in [1.54, 1.807) is 0 Å². The second kappa shape index (κ2) is 9.93. The first-order chi connectivity index (χ1) is 10.4. The van der Waals surface area contributed by atoms with Crippen molar-refractivity contribution >= 4 is 0 Å². The molecule has 0 atom stereocenters. The molecule has 0 aromatic heterocycles. The van der Waals surface area contributed by atoms with Crippen molar-refractivity contribution in [3.8, 4) is 0 Å². The largest absolute Gasteiger partial charge is 0.376 e. The third-order valence-electron chi connectivity index (χ3n) is 4.24. The Hall–Kier alpha value is -0.900. The molecular formula is C18H28O3. The zero-order chi connectivity index (χ0) is 14.8. The molecule has 0 unspecified atom stereocenters. The van der Waals surface area contributed by atoms with Crippen molar-refractivity contribution in [2.75, 3.05) is 19.8 Å². The summed E-state index contributed by atoms with van der Waals surface area (Å²) >= 11 is 0. The second-order valence-corrected chi connectivity index (χ2v) is 5.90. The number of hydrogen-bond acceptors (Lipinski definition) is 3. The van der Waals surface area contributed by atoms with Crippen LogP contribution in [-0.4, -0.2) is 19.8 Å². The third kappa shape index (κ3) is 6.60. The molecule has 1 aliphatic rings. The monoisotopic (exact) mass is 292 g/mol. The van der Waals surface area contributed by atoms with Crippen molar-refractivity contribution in [3.05, 3.63) is 35.9 Å². The van der Waals surface area contributed by atoms with Gasteiger partial charge in [0.1, 0.15) is 0 Å². The van der Waals surface area contributed by atoms with Crippen molar-refractivity contribution < 1.29 is 14.5 Å². The Morgan fingerprint density at radius 1 is 0.952 bits per heavy atom. The lowest BCUT2D eigenvalue weighted by molar-refractivity contribution is -0.293. The van der Waals surface area contributed by atoms with Crippen LogP contribution in [0.3, 0.4) is 0 Å². The fraction of sp³-hybridized carbons (Fsp3) is 0.667. The molecule has 1 saturated carbocycles. The summed E-state index contributed by atoms with van der Waals surface area (Å²) in [5.41, 5.74) is 1.26. The maximum atomic E-state index is 5.86. The molecule has 0 N–H and O–H groups in total. The average molecular weight is 292 g/mol. The van der Waals surface area contributed by atoms with Crippen LogP contribution < -0.4 is 0 Å². The molecule has 3 heteroatoms. The molecular weight excluding hydrogens is 264 g/mol. The highest BCUT2D eigenvalue weighted by atomic mass is 17.2. The smallest absolute Gasteiger partial charge is 0.0825 e. The predicted octanol–water partition coefficient (Wildman–Crippen LogP) is 4.37. The Kier molecular flexibility index (Phi) is 7.79. The standard InChI is InChI=1S/C18H28O3/c1-2-20-21-13-12-16-8-10-18(11-9-16)15-19-14-17-6-4-3-5-7-17/h3-7,16,18H,2,8-15H2,1H3. The van der Waals surface area contributed by atoms with Crippen LogP contribution >= 0.6 is 0 Å². The highest BCUT2D eigenvalue weighted by Gasteiger charge is 2.21. The zero-order valence-corrected chi connectivity index (χ0v) is 13.1. The summed E-state index contributed by atoms with van der Waals surface area (Å²) in [5.74, 6) is 1.54. The Morgan fingerprint density at radius 2 is 1.67 bits per heavy atom. The van der Waals surface area contributed by atoms with Crippen LogP contribution in [0, 0.1) is 11.8 Å². The van der Waals surface area contributed by atoms with E-state index in [9.17, 15) is 0 Å². The molecule has 0 saturated heterocycles. The van der Waals surface area contributed by atoms with Gasteiger partial charge in [-0.3, -0.25) is 0 Å². The van der Waals surface area contributed by atoms with E-state index in [0.29, 0.717) is 6.61 Å². The minimum atomic E-state index is 0.630. The van der Waals surface area contributed by atoms with Crippen molar-refractivity contribution in [2.24, 2.45) is 11.8 Å². The molecule has 0 aliphatic heterocycles. The van der Waals surface area contributed by atoms with Gasteiger partial charge in [0.25, 0.3) is 0 Å². The minimum absolute atomic E-state index is 0.630. The van der Waals surface area contributed by atoms with Crippen molar-refractivity contribution in [1.82, 2.24) is 0 Å². The molecule has 21 heavy (non-hydrogen) atoms. The van der Waals surface area contributed by atoms with Crippen molar-refractivity contribution in [1.29, 1.82) is 0 Å². The number of hydrogen-bond donors (Lipinski definition) is 0. The van der Waals surface area contributed by atoms with E-state index in [2.05, 4.69) is 24.3 Å². The van der Waals surface area contributed by atoms with E-state index in [1.165, 1.54) is 31.2 Å². The van der Waals surface area contributed by atoms with Gasteiger partial charge < -0.3 is 4.74 Å². The van der Waals surface area contributed by atoms with Gasteiger partial charge in [0.15, 0.2) is 0 Å². The van der Waals surface area contributed by atoms with Crippen LogP contribution in [0.15, 0.2) is 30.3 Å². The lowest BCUT2D eigenvalue weighted by Gasteiger charge is -2.28. The molecule has 3 nitrogen and oxygen atoms in total. The van der Waals surface area contributed by atoms with Crippen LogP contribution in [0.4, 0.5) is 0 Å². The van der Waals surface area contributed by atoms with Gasteiger partial charge in [-0.05, 0) is 43.6 Å². The first-order valence-corrected chi connectivity index (χ1v) is 8.24. The van der Waals surface area contributed by atoms with Crippen LogP contribution in [-0.2, 0) is 21.1 Å². The van der Waals surface area contributed by atoms with Gasteiger partial charge in [-0.15, -0.1) is 0 Å². The Bertz CT molecular complexity index is 358. The number of rotatable bonds is 9. The normalized spacial score (nSPS) is 22.3. The van der Waals surface area contributed by atoms with E-state index in [1.807, 2.05) is 13.0 Å². The molecule has 0 amide bonds. The van der Waals surface area contributed by atoms with Crippen molar-refractivity contribution in [2.45, 2.75) is 45.6 Å². The lowest BCUT2D eigenvalue weighted by atomic mass is 9.81.